The molecule has 1 heterocycles. The van der Waals surface area contributed by atoms with Crippen molar-refractivity contribution in [2.24, 2.45) is 0 Å². The number of ether oxygens (including phenoxy) is 1. The quantitative estimate of drug-likeness (QED) is 0.672. The van der Waals surface area contributed by atoms with Gasteiger partial charge in [-0.1, -0.05) is 6.07 Å². The van der Waals surface area contributed by atoms with Gasteiger partial charge < -0.3 is 10.1 Å². The molecule has 1 aromatic carbocycles. The highest BCUT2D eigenvalue weighted by atomic mass is 16.6. The first-order valence-corrected chi connectivity index (χ1v) is 6.53. The van der Waals surface area contributed by atoms with Crippen LogP contribution in [0.25, 0.3) is 0 Å². The summed E-state index contributed by atoms with van der Waals surface area (Å²) in [7, 11) is 0. The zero-order valence-electron chi connectivity index (χ0n) is 11.6. The molecule has 1 aliphatic heterocycles. The molecule has 0 aromatic heterocycles. The molecule has 0 saturated carbocycles. The third-order valence-corrected chi connectivity index (χ3v) is 3.41. The van der Waals surface area contributed by atoms with Gasteiger partial charge in [-0.25, -0.2) is 0 Å². The van der Waals surface area contributed by atoms with E-state index in [0.717, 1.165) is 18.4 Å². The van der Waals surface area contributed by atoms with Crippen LogP contribution in [0.5, 0.6) is 0 Å². The molecule has 1 fully saturated rings. The molecule has 0 aliphatic carbocycles. The fourth-order valence-corrected chi connectivity index (χ4v) is 2.50. The van der Waals surface area contributed by atoms with Gasteiger partial charge in [0.25, 0.3) is 5.69 Å². The minimum Gasteiger partial charge on any atom is -0.377 e. The topological polar surface area (TPSA) is 64.4 Å². The van der Waals surface area contributed by atoms with E-state index in [1.54, 1.807) is 12.1 Å². The van der Waals surface area contributed by atoms with E-state index in [0.29, 0.717) is 12.3 Å². The van der Waals surface area contributed by atoms with E-state index in [1.807, 2.05) is 26.8 Å². The van der Waals surface area contributed by atoms with Gasteiger partial charge in [0.1, 0.15) is 5.69 Å². The Morgan fingerprint density at radius 1 is 1.47 bits per heavy atom. The average Bonchev–Trinajstić information content (AvgIpc) is 2.27. The molecule has 0 radical (unpaired) electrons. The van der Waals surface area contributed by atoms with E-state index < -0.39 is 0 Å². The van der Waals surface area contributed by atoms with Crippen molar-refractivity contribution >= 4 is 11.4 Å². The molecule has 0 amide bonds. The Morgan fingerprint density at radius 2 is 2.21 bits per heavy atom. The highest BCUT2D eigenvalue weighted by Crippen LogP contribution is 2.30. The molecular formula is C14H20N2O3. The van der Waals surface area contributed by atoms with E-state index in [-0.39, 0.29) is 22.3 Å². The lowest BCUT2D eigenvalue weighted by molar-refractivity contribution is -0.384. The first kappa shape index (κ1) is 13.8. The van der Waals surface area contributed by atoms with Crippen LogP contribution in [0.1, 0.15) is 32.3 Å². The van der Waals surface area contributed by atoms with Crippen molar-refractivity contribution in [2.45, 2.75) is 45.3 Å². The van der Waals surface area contributed by atoms with Gasteiger partial charge in [-0.15, -0.1) is 0 Å². The smallest absolute Gasteiger partial charge is 0.292 e. The van der Waals surface area contributed by atoms with Crippen LogP contribution in [0.15, 0.2) is 18.2 Å². The first-order valence-electron chi connectivity index (χ1n) is 6.53. The number of hydrogen-bond donors (Lipinski definition) is 1. The maximum absolute atomic E-state index is 11.0. The Balaban J connectivity index is 2.18. The molecule has 1 atom stereocenters. The zero-order valence-corrected chi connectivity index (χ0v) is 11.6. The molecule has 0 spiro atoms. The standard InChI is InChI=1S/C14H20N2O3/c1-10-4-5-13(16(17)18)12(8-10)15-11-6-7-19-14(2,3)9-11/h4-5,8,11,15H,6-7,9H2,1-3H3. The molecule has 104 valence electrons. The number of nitro groups is 1. The fraction of sp³-hybridized carbons (Fsp3) is 0.571. The average molecular weight is 264 g/mol. The molecule has 2 rings (SSSR count). The van der Waals surface area contributed by atoms with Crippen LogP contribution in [0.2, 0.25) is 0 Å². The summed E-state index contributed by atoms with van der Waals surface area (Å²) in [6, 6.07) is 5.37. The first-order chi connectivity index (χ1) is 8.87. The molecule has 1 aliphatic rings. The van der Waals surface area contributed by atoms with E-state index in [2.05, 4.69) is 5.32 Å². The Kier molecular flexibility index (Phi) is 3.75. The number of nitrogens with one attached hydrogen (secondary N) is 1. The van der Waals surface area contributed by atoms with E-state index in [4.69, 9.17) is 4.74 Å². The number of anilines is 1. The maximum Gasteiger partial charge on any atom is 0.292 e. The van der Waals surface area contributed by atoms with Gasteiger partial charge in [0.05, 0.1) is 10.5 Å². The van der Waals surface area contributed by atoms with Crippen LogP contribution in [0.3, 0.4) is 0 Å². The van der Waals surface area contributed by atoms with Crippen LogP contribution in [-0.2, 0) is 4.74 Å². The lowest BCUT2D eigenvalue weighted by Gasteiger charge is -2.36. The minimum absolute atomic E-state index is 0.134. The molecule has 1 N–H and O–H groups in total. The predicted octanol–water partition coefficient (Wildman–Crippen LogP) is 3.27. The summed E-state index contributed by atoms with van der Waals surface area (Å²) >= 11 is 0. The number of rotatable bonds is 3. The van der Waals surface area contributed by atoms with Crippen molar-refractivity contribution in [2.75, 3.05) is 11.9 Å². The van der Waals surface area contributed by atoms with Crippen LogP contribution < -0.4 is 5.32 Å². The largest absolute Gasteiger partial charge is 0.377 e. The number of nitrogens with zero attached hydrogens (tertiary/aromatic N) is 1. The normalized spacial score (nSPS) is 21.9. The molecule has 1 unspecified atom stereocenters. The van der Waals surface area contributed by atoms with Gasteiger partial charge in [-0.2, -0.15) is 0 Å². The fourth-order valence-electron chi connectivity index (χ4n) is 2.50. The lowest BCUT2D eigenvalue weighted by atomic mass is 9.93. The highest BCUT2D eigenvalue weighted by molar-refractivity contribution is 5.63. The van der Waals surface area contributed by atoms with Crippen LogP contribution in [-0.4, -0.2) is 23.2 Å². The van der Waals surface area contributed by atoms with Gasteiger partial charge in [0, 0.05) is 18.7 Å². The van der Waals surface area contributed by atoms with Crippen molar-refractivity contribution in [3.63, 3.8) is 0 Å². The number of benzene rings is 1. The number of nitro benzene ring substituents is 1. The van der Waals surface area contributed by atoms with Gasteiger partial charge in [-0.3, -0.25) is 10.1 Å². The summed E-state index contributed by atoms with van der Waals surface area (Å²) in [4.78, 5) is 10.7. The molecule has 1 saturated heterocycles. The molecular weight excluding hydrogens is 244 g/mol. The Morgan fingerprint density at radius 3 is 2.84 bits per heavy atom. The lowest BCUT2D eigenvalue weighted by Crippen LogP contribution is -2.40. The van der Waals surface area contributed by atoms with Gasteiger partial charge >= 0.3 is 0 Å². The summed E-state index contributed by atoms with van der Waals surface area (Å²) in [5.74, 6) is 0. The second-order valence-electron chi connectivity index (χ2n) is 5.72. The van der Waals surface area contributed by atoms with Crippen LogP contribution >= 0.6 is 0 Å². The summed E-state index contributed by atoms with van der Waals surface area (Å²) < 4.78 is 5.66. The highest BCUT2D eigenvalue weighted by Gasteiger charge is 2.29. The maximum atomic E-state index is 11.0. The zero-order chi connectivity index (χ0) is 14.0. The predicted molar refractivity (Wildman–Crippen MR) is 74.5 cm³/mol. The van der Waals surface area contributed by atoms with Crippen molar-refractivity contribution in [3.8, 4) is 0 Å². The van der Waals surface area contributed by atoms with E-state index in [1.165, 1.54) is 0 Å². The SMILES string of the molecule is Cc1ccc([N+](=O)[O-])c(NC2CCOC(C)(C)C2)c1. The molecule has 5 nitrogen and oxygen atoms in total. The number of hydrogen-bond acceptors (Lipinski definition) is 4. The van der Waals surface area contributed by atoms with Crippen LogP contribution in [0.4, 0.5) is 11.4 Å². The summed E-state index contributed by atoms with van der Waals surface area (Å²) in [5, 5.41) is 14.3. The van der Waals surface area contributed by atoms with Crippen molar-refractivity contribution in [1.82, 2.24) is 0 Å². The van der Waals surface area contributed by atoms with Crippen molar-refractivity contribution in [3.05, 3.63) is 33.9 Å². The summed E-state index contributed by atoms with van der Waals surface area (Å²) in [5.41, 5.74) is 1.58. The number of aryl methyl sites for hydroxylation is 1. The van der Waals surface area contributed by atoms with E-state index in [9.17, 15) is 10.1 Å². The molecule has 1 aromatic rings. The van der Waals surface area contributed by atoms with Gasteiger partial charge in [-0.05, 0) is 45.2 Å². The van der Waals surface area contributed by atoms with Crippen molar-refractivity contribution < 1.29 is 9.66 Å². The van der Waals surface area contributed by atoms with E-state index >= 15 is 0 Å². The Labute approximate surface area is 113 Å². The summed E-state index contributed by atoms with van der Waals surface area (Å²) in [6.07, 6.45) is 1.71. The molecule has 5 heteroatoms. The second kappa shape index (κ2) is 5.17. The van der Waals surface area contributed by atoms with Crippen molar-refractivity contribution in [1.29, 1.82) is 0 Å². The third-order valence-electron chi connectivity index (χ3n) is 3.41. The summed E-state index contributed by atoms with van der Waals surface area (Å²) in [6.45, 7) is 6.71. The van der Waals surface area contributed by atoms with Crippen LogP contribution in [0, 0.1) is 17.0 Å². The minimum atomic E-state index is -0.341. The van der Waals surface area contributed by atoms with Gasteiger partial charge in [0.15, 0.2) is 0 Å². The third kappa shape index (κ3) is 3.44. The Hall–Kier alpha value is -1.62. The van der Waals surface area contributed by atoms with Gasteiger partial charge in [0.2, 0.25) is 0 Å². The molecule has 19 heavy (non-hydrogen) atoms. The monoisotopic (exact) mass is 264 g/mol. The second-order valence-corrected chi connectivity index (χ2v) is 5.72. The Bertz CT molecular complexity index is 486. The molecule has 0 bridgehead atoms.